The van der Waals surface area contributed by atoms with Crippen molar-refractivity contribution in [3.05, 3.63) is 45.7 Å². The van der Waals surface area contributed by atoms with E-state index in [1.807, 2.05) is 31.9 Å². The van der Waals surface area contributed by atoms with E-state index in [0.717, 1.165) is 27.5 Å². The molecule has 112 valence electrons. The predicted molar refractivity (Wildman–Crippen MR) is 92.4 cm³/mol. The second-order valence-corrected chi connectivity index (χ2v) is 7.28. The Bertz CT molecular complexity index is 639. The van der Waals surface area contributed by atoms with Crippen molar-refractivity contribution in [3.8, 4) is 0 Å². The Hall–Kier alpha value is -1.42. The lowest BCUT2D eigenvalue weighted by Crippen LogP contribution is -2.16. The van der Waals surface area contributed by atoms with Crippen LogP contribution in [0.15, 0.2) is 28.7 Å². The average molecular weight is 348 g/mol. The minimum absolute atomic E-state index is 0.135. The highest BCUT2D eigenvalue weighted by molar-refractivity contribution is 9.10. The zero-order valence-corrected chi connectivity index (χ0v) is 15.1. The zero-order valence-electron chi connectivity index (χ0n) is 13.5. The van der Waals surface area contributed by atoms with Gasteiger partial charge in [-0.1, -0.05) is 26.8 Å². The summed E-state index contributed by atoms with van der Waals surface area (Å²) in [5.41, 5.74) is 4.45. The van der Waals surface area contributed by atoms with Crippen LogP contribution < -0.4 is 4.90 Å². The molecule has 21 heavy (non-hydrogen) atoms. The molecule has 0 N–H and O–H groups in total. The molecule has 4 heteroatoms. The monoisotopic (exact) mass is 347 g/mol. The molecular formula is C17H22BrN3. The molecule has 2 aromatic rings. The van der Waals surface area contributed by atoms with Crippen LogP contribution in [0, 0.1) is 13.8 Å². The Morgan fingerprint density at radius 2 is 1.57 bits per heavy atom. The Morgan fingerprint density at radius 3 is 2.05 bits per heavy atom. The van der Waals surface area contributed by atoms with Gasteiger partial charge in [-0.3, -0.25) is 0 Å². The predicted octanol–water partition coefficient (Wildman–Crippen LogP) is 4.92. The van der Waals surface area contributed by atoms with Crippen LogP contribution in [0.4, 0.5) is 11.6 Å². The smallest absolute Gasteiger partial charge is 0.230 e. The van der Waals surface area contributed by atoms with Gasteiger partial charge in [-0.2, -0.15) is 0 Å². The van der Waals surface area contributed by atoms with Crippen LogP contribution in [-0.2, 0) is 5.41 Å². The molecule has 1 aromatic carbocycles. The standard InChI is InChI=1S/C17H22BrN3/c1-11-9-12(2)20-16(19-11)21(6)15-8-7-13(10-14(15)18)17(3,4)5/h7-10H,1-6H3. The summed E-state index contributed by atoms with van der Waals surface area (Å²) in [7, 11) is 1.99. The number of aryl methyl sites for hydroxylation is 2. The first-order chi connectivity index (χ1) is 9.68. The minimum atomic E-state index is 0.135. The highest BCUT2D eigenvalue weighted by Crippen LogP contribution is 2.33. The van der Waals surface area contributed by atoms with Gasteiger partial charge in [0.25, 0.3) is 0 Å². The molecule has 0 spiro atoms. The third-order valence-electron chi connectivity index (χ3n) is 3.45. The van der Waals surface area contributed by atoms with E-state index in [0.29, 0.717) is 0 Å². The summed E-state index contributed by atoms with van der Waals surface area (Å²) in [6.45, 7) is 10.6. The lowest BCUT2D eigenvalue weighted by Gasteiger charge is -2.23. The molecule has 0 aliphatic rings. The summed E-state index contributed by atoms with van der Waals surface area (Å²) in [6, 6.07) is 8.44. The lowest BCUT2D eigenvalue weighted by atomic mass is 9.87. The van der Waals surface area contributed by atoms with Gasteiger partial charge in [-0.05, 0) is 59.0 Å². The second-order valence-electron chi connectivity index (χ2n) is 6.43. The van der Waals surface area contributed by atoms with E-state index in [1.54, 1.807) is 0 Å². The van der Waals surface area contributed by atoms with E-state index in [1.165, 1.54) is 5.56 Å². The first-order valence-electron chi connectivity index (χ1n) is 7.04. The third-order valence-corrected chi connectivity index (χ3v) is 4.08. The number of anilines is 2. The number of hydrogen-bond donors (Lipinski definition) is 0. The summed E-state index contributed by atoms with van der Waals surface area (Å²) in [5.74, 6) is 0.719. The van der Waals surface area contributed by atoms with Crippen LogP contribution >= 0.6 is 15.9 Å². The van der Waals surface area contributed by atoms with Gasteiger partial charge >= 0.3 is 0 Å². The molecule has 0 aliphatic heterocycles. The Kier molecular flexibility index (Phi) is 4.38. The van der Waals surface area contributed by atoms with Crippen molar-refractivity contribution in [3.63, 3.8) is 0 Å². The molecule has 0 unspecified atom stereocenters. The van der Waals surface area contributed by atoms with Gasteiger partial charge in [0.15, 0.2) is 0 Å². The Balaban J connectivity index is 2.42. The van der Waals surface area contributed by atoms with Gasteiger partial charge in [0, 0.05) is 22.9 Å². The van der Waals surface area contributed by atoms with Crippen molar-refractivity contribution in [1.82, 2.24) is 9.97 Å². The number of nitrogens with zero attached hydrogens (tertiary/aromatic N) is 3. The molecule has 0 saturated heterocycles. The average Bonchev–Trinajstić information content (AvgIpc) is 2.35. The quantitative estimate of drug-likeness (QED) is 0.771. The van der Waals surface area contributed by atoms with E-state index < -0.39 is 0 Å². The van der Waals surface area contributed by atoms with Crippen molar-refractivity contribution in [2.24, 2.45) is 0 Å². The molecule has 0 radical (unpaired) electrons. The molecule has 2 rings (SSSR count). The number of benzene rings is 1. The molecule has 3 nitrogen and oxygen atoms in total. The summed E-state index contributed by atoms with van der Waals surface area (Å²) in [4.78, 5) is 11.0. The fourth-order valence-corrected chi connectivity index (χ4v) is 2.86. The van der Waals surface area contributed by atoms with Gasteiger partial charge in [-0.15, -0.1) is 0 Å². The summed E-state index contributed by atoms with van der Waals surface area (Å²) < 4.78 is 1.06. The van der Waals surface area contributed by atoms with Crippen LogP contribution in [0.2, 0.25) is 0 Å². The fraction of sp³-hybridized carbons (Fsp3) is 0.412. The van der Waals surface area contributed by atoms with E-state index in [-0.39, 0.29) is 5.41 Å². The maximum atomic E-state index is 4.52. The number of aromatic nitrogens is 2. The van der Waals surface area contributed by atoms with Crippen molar-refractivity contribution in [2.75, 3.05) is 11.9 Å². The first kappa shape index (κ1) is 16.0. The van der Waals surface area contributed by atoms with E-state index in [4.69, 9.17) is 0 Å². The number of hydrogen-bond acceptors (Lipinski definition) is 3. The van der Waals surface area contributed by atoms with Crippen molar-refractivity contribution in [2.45, 2.75) is 40.0 Å². The molecule has 1 aromatic heterocycles. The van der Waals surface area contributed by atoms with Gasteiger partial charge in [0.2, 0.25) is 5.95 Å². The molecular weight excluding hydrogens is 326 g/mol. The van der Waals surface area contributed by atoms with Crippen LogP contribution in [0.5, 0.6) is 0 Å². The molecule has 0 atom stereocenters. The summed E-state index contributed by atoms with van der Waals surface area (Å²) >= 11 is 3.68. The van der Waals surface area contributed by atoms with Crippen molar-refractivity contribution < 1.29 is 0 Å². The lowest BCUT2D eigenvalue weighted by molar-refractivity contribution is 0.590. The topological polar surface area (TPSA) is 29.0 Å². The summed E-state index contributed by atoms with van der Waals surface area (Å²) in [5, 5.41) is 0. The number of halogens is 1. The highest BCUT2D eigenvalue weighted by atomic mass is 79.9. The molecule has 0 aliphatic carbocycles. The van der Waals surface area contributed by atoms with Crippen LogP contribution in [0.1, 0.15) is 37.7 Å². The Labute approximate surface area is 135 Å². The molecule has 0 bridgehead atoms. The first-order valence-corrected chi connectivity index (χ1v) is 7.84. The van der Waals surface area contributed by atoms with Gasteiger partial charge in [0.1, 0.15) is 0 Å². The third kappa shape index (κ3) is 3.62. The van der Waals surface area contributed by atoms with Crippen molar-refractivity contribution in [1.29, 1.82) is 0 Å². The van der Waals surface area contributed by atoms with Gasteiger partial charge in [-0.25, -0.2) is 9.97 Å². The van der Waals surface area contributed by atoms with Crippen LogP contribution in [0.25, 0.3) is 0 Å². The van der Waals surface area contributed by atoms with E-state index in [2.05, 4.69) is 64.9 Å². The van der Waals surface area contributed by atoms with Gasteiger partial charge in [0.05, 0.1) is 5.69 Å². The minimum Gasteiger partial charge on any atom is -0.312 e. The normalized spacial score (nSPS) is 11.6. The molecule has 0 amide bonds. The van der Waals surface area contributed by atoms with Gasteiger partial charge < -0.3 is 4.90 Å². The zero-order chi connectivity index (χ0) is 15.8. The SMILES string of the molecule is Cc1cc(C)nc(N(C)c2ccc(C(C)(C)C)cc2Br)n1. The molecule has 0 fully saturated rings. The number of rotatable bonds is 2. The molecule has 0 saturated carbocycles. The van der Waals surface area contributed by atoms with Crippen LogP contribution in [-0.4, -0.2) is 17.0 Å². The highest BCUT2D eigenvalue weighted by Gasteiger charge is 2.17. The second kappa shape index (κ2) is 5.76. The van der Waals surface area contributed by atoms with E-state index >= 15 is 0 Å². The summed E-state index contributed by atoms with van der Waals surface area (Å²) in [6.07, 6.45) is 0. The largest absolute Gasteiger partial charge is 0.312 e. The molecule has 1 heterocycles. The van der Waals surface area contributed by atoms with Crippen molar-refractivity contribution >= 4 is 27.6 Å². The van der Waals surface area contributed by atoms with E-state index in [9.17, 15) is 0 Å². The van der Waals surface area contributed by atoms with Crippen LogP contribution in [0.3, 0.4) is 0 Å². The fourth-order valence-electron chi connectivity index (χ4n) is 2.21. The Morgan fingerprint density at radius 1 is 1.00 bits per heavy atom. The maximum Gasteiger partial charge on any atom is 0.230 e. The maximum absolute atomic E-state index is 4.52.